The van der Waals surface area contributed by atoms with Crippen molar-refractivity contribution in [3.8, 4) is 0 Å². The highest BCUT2D eigenvalue weighted by Crippen LogP contribution is 2.41. The molecule has 0 bridgehead atoms. The minimum absolute atomic E-state index is 0.0613. The summed E-state index contributed by atoms with van der Waals surface area (Å²) in [6.07, 6.45) is 2.23. The van der Waals surface area contributed by atoms with Crippen molar-refractivity contribution in [2.45, 2.75) is 37.8 Å². The number of carbonyl (C=O) groups is 1. The van der Waals surface area contributed by atoms with E-state index < -0.39 is 5.54 Å². The average Bonchev–Trinajstić information content (AvgIpc) is 3.18. The summed E-state index contributed by atoms with van der Waals surface area (Å²) < 4.78 is 14.1. The molecule has 0 saturated carbocycles. The molecule has 27 heavy (non-hydrogen) atoms. The first-order valence-electron chi connectivity index (χ1n) is 8.92. The topological polar surface area (TPSA) is 45.2 Å². The summed E-state index contributed by atoms with van der Waals surface area (Å²) in [7, 11) is 0. The number of pyridine rings is 1. The predicted octanol–water partition coefficient (Wildman–Crippen LogP) is 4.08. The standard InChI is InChI=1S/C20H19ClFN3OS/c1-20(24-18(26)15-6-3-7-17(21)23-15)10-11-25(19(20)27)16-9-8-12-13(16)4-2-5-14(12)22/h2-7,16H,8-11H2,1H3,(H,24,26)/t16-,20+/m1/s1. The average molecular weight is 404 g/mol. The van der Waals surface area contributed by atoms with E-state index in [1.165, 1.54) is 6.07 Å². The molecule has 1 aromatic heterocycles. The zero-order chi connectivity index (χ0) is 19.2. The zero-order valence-corrected chi connectivity index (χ0v) is 16.4. The lowest BCUT2D eigenvalue weighted by molar-refractivity contribution is 0.0923. The molecule has 1 saturated heterocycles. The van der Waals surface area contributed by atoms with Gasteiger partial charge < -0.3 is 10.2 Å². The zero-order valence-electron chi connectivity index (χ0n) is 14.8. The number of benzene rings is 1. The number of fused-ring (bicyclic) bond motifs is 1. The second-order valence-electron chi connectivity index (χ2n) is 7.24. The van der Waals surface area contributed by atoms with Crippen molar-refractivity contribution in [1.82, 2.24) is 15.2 Å². The SMILES string of the molecule is C[C@]1(NC(=O)c2cccc(Cl)n2)CCN([C@@H]2CCc3c(F)cccc32)C1=S. The van der Waals surface area contributed by atoms with Crippen LogP contribution < -0.4 is 5.32 Å². The molecular weight excluding hydrogens is 385 g/mol. The van der Waals surface area contributed by atoms with Crippen LogP contribution in [0.3, 0.4) is 0 Å². The summed E-state index contributed by atoms with van der Waals surface area (Å²) in [5, 5.41) is 3.29. The highest BCUT2D eigenvalue weighted by molar-refractivity contribution is 7.80. The highest BCUT2D eigenvalue weighted by atomic mass is 35.5. The van der Waals surface area contributed by atoms with E-state index in [4.69, 9.17) is 23.8 Å². The van der Waals surface area contributed by atoms with Crippen LogP contribution in [-0.4, -0.2) is 32.9 Å². The van der Waals surface area contributed by atoms with Gasteiger partial charge in [0.2, 0.25) is 0 Å². The Balaban J connectivity index is 1.54. The second-order valence-corrected chi connectivity index (χ2v) is 8.02. The Morgan fingerprint density at radius 3 is 2.93 bits per heavy atom. The van der Waals surface area contributed by atoms with Gasteiger partial charge in [-0.25, -0.2) is 9.37 Å². The van der Waals surface area contributed by atoms with Gasteiger partial charge in [-0.1, -0.05) is 42.0 Å². The van der Waals surface area contributed by atoms with Gasteiger partial charge in [-0.3, -0.25) is 4.79 Å². The van der Waals surface area contributed by atoms with Crippen molar-refractivity contribution in [2.24, 2.45) is 0 Å². The van der Waals surface area contributed by atoms with Crippen LogP contribution >= 0.6 is 23.8 Å². The number of carbonyl (C=O) groups excluding carboxylic acids is 1. The molecular formula is C20H19ClFN3OS. The molecule has 2 heterocycles. The number of likely N-dealkylation sites (tertiary alicyclic amines) is 1. The number of nitrogens with one attached hydrogen (secondary N) is 1. The van der Waals surface area contributed by atoms with Crippen molar-refractivity contribution in [3.05, 3.63) is 64.2 Å². The van der Waals surface area contributed by atoms with Gasteiger partial charge in [-0.15, -0.1) is 0 Å². The quantitative estimate of drug-likeness (QED) is 0.619. The van der Waals surface area contributed by atoms with E-state index in [1.807, 2.05) is 13.0 Å². The molecule has 2 aromatic rings. The molecule has 140 valence electrons. The van der Waals surface area contributed by atoms with Crippen molar-refractivity contribution in [2.75, 3.05) is 6.54 Å². The minimum Gasteiger partial charge on any atom is -0.357 e. The Morgan fingerprint density at radius 2 is 2.15 bits per heavy atom. The monoisotopic (exact) mass is 403 g/mol. The van der Waals surface area contributed by atoms with E-state index in [-0.39, 0.29) is 28.6 Å². The Morgan fingerprint density at radius 1 is 1.37 bits per heavy atom. The highest BCUT2D eigenvalue weighted by Gasteiger charge is 2.44. The van der Waals surface area contributed by atoms with E-state index in [0.717, 1.165) is 24.1 Å². The van der Waals surface area contributed by atoms with Crippen molar-refractivity contribution < 1.29 is 9.18 Å². The second kappa shape index (κ2) is 6.84. The third kappa shape index (κ3) is 3.21. The molecule has 0 unspecified atom stereocenters. The fourth-order valence-corrected chi connectivity index (χ4v) is 4.58. The van der Waals surface area contributed by atoms with Gasteiger partial charge in [0.05, 0.1) is 11.6 Å². The van der Waals surface area contributed by atoms with Crippen LogP contribution in [0, 0.1) is 5.82 Å². The maximum absolute atomic E-state index is 14.1. The molecule has 1 aliphatic carbocycles. The fraction of sp³-hybridized carbons (Fsp3) is 0.350. The molecule has 7 heteroatoms. The molecule has 0 radical (unpaired) electrons. The molecule has 2 atom stereocenters. The van der Waals surface area contributed by atoms with Crippen molar-refractivity contribution in [1.29, 1.82) is 0 Å². The molecule has 1 aromatic carbocycles. The Bertz CT molecular complexity index is 937. The first-order chi connectivity index (χ1) is 12.9. The molecule has 1 fully saturated rings. The van der Waals surface area contributed by atoms with E-state index in [2.05, 4.69) is 15.2 Å². The molecule has 1 amide bonds. The van der Waals surface area contributed by atoms with Crippen LogP contribution in [0.4, 0.5) is 4.39 Å². The maximum atomic E-state index is 14.1. The number of halogens is 2. The van der Waals surface area contributed by atoms with Crippen LogP contribution in [0.15, 0.2) is 36.4 Å². The number of hydrogen-bond acceptors (Lipinski definition) is 3. The van der Waals surface area contributed by atoms with Crippen LogP contribution in [-0.2, 0) is 6.42 Å². The number of aromatic nitrogens is 1. The van der Waals surface area contributed by atoms with Crippen LogP contribution in [0.2, 0.25) is 5.15 Å². The minimum atomic E-state index is -0.646. The number of nitrogens with zero attached hydrogens (tertiary/aromatic N) is 2. The maximum Gasteiger partial charge on any atom is 0.270 e. The first-order valence-corrected chi connectivity index (χ1v) is 9.71. The molecule has 1 N–H and O–H groups in total. The summed E-state index contributed by atoms with van der Waals surface area (Å²) >= 11 is 11.6. The largest absolute Gasteiger partial charge is 0.357 e. The summed E-state index contributed by atoms with van der Waals surface area (Å²) in [5.41, 5.74) is 1.40. The first kappa shape index (κ1) is 18.3. The molecule has 1 aliphatic heterocycles. The normalized spacial score (nSPS) is 24.2. The van der Waals surface area contributed by atoms with Crippen LogP contribution in [0.25, 0.3) is 0 Å². The summed E-state index contributed by atoms with van der Waals surface area (Å²) in [5.74, 6) is -0.453. The van der Waals surface area contributed by atoms with Gasteiger partial charge in [0, 0.05) is 6.54 Å². The lowest BCUT2D eigenvalue weighted by Crippen LogP contribution is -2.51. The Kier molecular flexibility index (Phi) is 4.64. The molecule has 2 aliphatic rings. The van der Waals surface area contributed by atoms with Crippen LogP contribution in [0.5, 0.6) is 0 Å². The fourth-order valence-electron chi connectivity index (χ4n) is 4.04. The summed E-state index contributed by atoms with van der Waals surface area (Å²) in [6, 6.07) is 10.2. The van der Waals surface area contributed by atoms with Crippen LogP contribution in [0.1, 0.15) is 47.4 Å². The summed E-state index contributed by atoms with van der Waals surface area (Å²) in [6.45, 7) is 2.65. The van der Waals surface area contributed by atoms with Gasteiger partial charge in [0.1, 0.15) is 21.7 Å². The number of thiocarbonyl (C=S) groups is 1. The van der Waals surface area contributed by atoms with Gasteiger partial charge in [0.15, 0.2) is 0 Å². The third-order valence-electron chi connectivity index (χ3n) is 5.48. The van der Waals surface area contributed by atoms with E-state index in [9.17, 15) is 9.18 Å². The van der Waals surface area contributed by atoms with Gasteiger partial charge in [-0.05, 0) is 55.5 Å². The summed E-state index contributed by atoms with van der Waals surface area (Å²) in [4.78, 5) is 19.5. The predicted molar refractivity (Wildman–Crippen MR) is 107 cm³/mol. The Labute approximate surface area is 167 Å². The van der Waals surface area contributed by atoms with E-state index >= 15 is 0 Å². The molecule has 4 rings (SSSR count). The van der Waals surface area contributed by atoms with Gasteiger partial charge >= 0.3 is 0 Å². The smallest absolute Gasteiger partial charge is 0.270 e. The van der Waals surface area contributed by atoms with Gasteiger partial charge in [-0.2, -0.15) is 0 Å². The number of amides is 1. The van der Waals surface area contributed by atoms with Crippen molar-refractivity contribution in [3.63, 3.8) is 0 Å². The lowest BCUT2D eigenvalue weighted by atomic mass is 10.0. The third-order valence-corrected chi connectivity index (χ3v) is 6.38. The van der Waals surface area contributed by atoms with Crippen molar-refractivity contribution >= 4 is 34.7 Å². The molecule has 0 spiro atoms. The van der Waals surface area contributed by atoms with E-state index in [1.54, 1.807) is 24.3 Å². The molecule has 4 nitrogen and oxygen atoms in total. The Hall–Kier alpha value is -2.05. The van der Waals surface area contributed by atoms with Gasteiger partial charge in [0.25, 0.3) is 5.91 Å². The number of rotatable bonds is 3. The number of hydrogen-bond donors (Lipinski definition) is 1. The lowest BCUT2D eigenvalue weighted by Gasteiger charge is -2.31. The van der Waals surface area contributed by atoms with E-state index in [0.29, 0.717) is 17.8 Å².